The number of fused-ring (bicyclic) bond motifs is 1. The number of benzene rings is 1. The monoisotopic (exact) mass is 380 g/mol. The first-order valence-corrected chi connectivity index (χ1v) is 9.77. The van der Waals surface area contributed by atoms with Crippen molar-refractivity contribution in [1.29, 1.82) is 0 Å². The highest BCUT2D eigenvalue weighted by Gasteiger charge is 2.32. The molecule has 0 amide bonds. The molecule has 0 saturated carbocycles. The van der Waals surface area contributed by atoms with Gasteiger partial charge in [-0.15, -0.1) is 0 Å². The van der Waals surface area contributed by atoms with Crippen molar-refractivity contribution in [2.24, 2.45) is 7.05 Å². The second-order valence-electron chi connectivity index (χ2n) is 7.38. The maximum atomic E-state index is 12.2. The number of hydrogen-bond acceptors (Lipinski definition) is 4. The quantitative estimate of drug-likeness (QED) is 0.546. The number of carbonyl (C=O) groups is 1. The summed E-state index contributed by atoms with van der Waals surface area (Å²) in [5, 5.41) is 1.11. The molecular formula is C23H28N2O3. The van der Waals surface area contributed by atoms with Gasteiger partial charge >= 0.3 is 5.97 Å². The number of nitrogens with zero attached hydrogens (tertiary/aromatic N) is 2. The highest BCUT2D eigenvalue weighted by Crippen LogP contribution is 2.37. The molecule has 0 saturated heterocycles. The molecular weight excluding hydrogens is 352 g/mol. The lowest BCUT2D eigenvalue weighted by Gasteiger charge is -2.24. The van der Waals surface area contributed by atoms with Gasteiger partial charge in [0.05, 0.1) is 6.61 Å². The Bertz CT molecular complexity index is 974. The fraction of sp³-hybridized carbons (Fsp3) is 0.391. The smallest absolute Gasteiger partial charge is 0.349 e. The predicted molar refractivity (Wildman–Crippen MR) is 111 cm³/mol. The van der Waals surface area contributed by atoms with E-state index in [1.54, 1.807) is 20.8 Å². The Morgan fingerprint density at radius 2 is 1.86 bits per heavy atom. The van der Waals surface area contributed by atoms with Crippen LogP contribution in [0.15, 0.2) is 42.7 Å². The Labute approximate surface area is 166 Å². The zero-order valence-electron chi connectivity index (χ0n) is 17.3. The van der Waals surface area contributed by atoms with E-state index in [0.717, 1.165) is 29.3 Å². The summed E-state index contributed by atoms with van der Waals surface area (Å²) >= 11 is 0. The van der Waals surface area contributed by atoms with Crippen molar-refractivity contribution < 1.29 is 14.3 Å². The van der Waals surface area contributed by atoms with E-state index in [0.29, 0.717) is 12.4 Å². The first kappa shape index (κ1) is 19.9. The Balaban J connectivity index is 2.12. The molecule has 28 heavy (non-hydrogen) atoms. The van der Waals surface area contributed by atoms with Gasteiger partial charge in [-0.1, -0.05) is 13.3 Å². The lowest BCUT2D eigenvalue weighted by molar-refractivity contribution is -0.158. The fourth-order valence-corrected chi connectivity index (χ4v) is 3.55. The van der Waals surface area contributed by atoms with Crippen LogP contribution in [0.5, 0.6) is 5.75 Å². The molecule has 5 heteroatoms. The maximum Gasteiger partial charge on any atom is 0.349 e. The first-order chi connectivity index (χ1) is 13.4. The minimum atomic E-state index is -1.05. The number of ether oxygens (including phenoxy) is 2. The molecule has 1 aromatic carbocycles. The highest BCUT2D eigenvalue weighted by atomic mass is 16.6. The summed E-state index contributed by atoms with van der Waals surface area (Å²) in [7, 11) is 2.10. The molecule has 0 bridgehead atoms. The van der Waals surface area contributed by atoms with Gasteiger partial charge in [-0.05, 0) is 63.1 Å². The van der Waals surface area contributed by atoms with Gasteiger partial charge in [-0.3, -0.25) is 4.98 Å². The van der Waals surface area contributed by atoms with Crippen molar-refractivity contribution in [3.05, 3.63) is 48.4 Å². The van der Waals surface area contributed by atoms with Crippen molar-refractivity contribution in [2.45, 2.75) is 46.1 Å². The number of esters is 1. The lowest BCUT2D eigenvalue weighted by Crippen LogP contribution is -2.39. The molecule has 0 unspecified atom stereocenters. The highest BCUT2D eigenvalue weighted by molar-refractivity contribution is 5.99. The Morgan fingerprint density at radius 1 is 1.14 bits per heavy atom. The molecule has 0 aliphatic rings. The van der Waals surface area contributed by atoms with Crippen molar-refractivity contribution in [3.8, 4) is 16.9 Å². The Kier molecular flexibility index (Phi) is 5.73. The SMILES string of the molecule is CCCc1c(-c2ccncc2)c2cc(OC(C)(C)C(=O)OCC)ccc2n1C. The number of rotatable bonds is 7. The molecule has 148 valence electrons. The summed E-state index contributed by atoms with van der Waals surface area (Å²) in [4.78, 5) is 16.4. The molecule has 0 radical (unpaired) electrons. The van der Waals surface area contributed by atoms with Crippen LogP contribution in [0.3, 0.4) is 0 Å². The van der Waals surface area contributed by atoms with Crippen LogP contribution >= 0.6 is 0 Å². The van der Waals surface area contributed by atoms with Gasteiger partial charge < -0.3 is 14.0 Å². The second kappa shape index (κ2) is 8.05. The molecule has 2 heterocycles. The first-order valence-electron chi connectivity index (χ1n) is 9.77. The third-order valence-electron chi connectivity index (χ3n) is 4.89. The van der Waals surface area contributed by atoms with Gasteiger partial charge in [-0.2, -0.15) is 0 Å². The van der Waals surface area contributed by atoms with E-state index in [1.807, 2.05) is 36.7 Å². The Hall–Kier alpha value is -2.82. The largest absolute Gasteiger partial charge is 0.476 e. The van der Waals surface area contributed by atoms with Crippen molar-refractivity contribution in [3.63, 3.8) is 0 Å². The molecule has 0 spiro atoms. The van der Waals surface area contributed by atoms with E-state index in [1.165, 1.54) is 11.3 Å². The normalized spacial score (nSPS) is 11.6. The molecule has 0 aliphatic carbocycles. The second-order valence-corrected chi connectivity index (χ2v) is 7.38. The van der Waals surface area contributed by atoms with E-state index in [4.69, 9.17) is 9.47 Å². The van der Waals surface area contributed by atoms with Crippen LogP contribution in [0.25, 0.3) is 22.0 Å². The number of carbonyl (C=O) groups excluding carboxylic acids is 1. The predicted octanol–water partition coefficient (Wildman–Crippen LogP) is 4.91. The third-order valence-corrected chi connectivity index (χ3v) is 4.89. The zero-order valence-corrected chi connectivity index (χ0v) is 17.3. The third kappa shape index (κ3) is 3.75. The summed E-state index contributed by atoms with van der Waals surface area (Å²) in [5.41, 5.74) is 3.69. The van der Waals surface area contributed by atoms with Crippen LogP contribution in [-0.2, 0) is 23.0 Å². The molecule has 3 rings (SSSR count). The molecule has 0 atom stereocenters. The standard InChI is InChI=1S/C23H28N2O3/c1-6-8-20-21(16-11-13-24-14-12-16)18-15-17(9-10-19(18)25(20)5)28-23(3,4)22(26)27-7-2/h9-15H,6-8H2,1-5H3. The summed E-state index contributed by atoms with van der Waals surface area (Å²) < 4.78 is 13.4. The average molecular weight is 380 g/mol. The number of hydrogen-bond donors (Lipinski definition) is 0. The molecule has 2 aromatic heterocycles. The fourth-order valence-electron chi connectivity index (χ4n) is 3.55. The maximum absolute atomic E-state index is 12.2. The minimum absolute atomic E-state index is 0.329. The van der Waals surface area contributed by atoms with Gasteiger partial charge in [0.25, 0.3) is 0 Å². The minimum Gasteiger partial charge on any atom is -0.476 e. The summed E-state index contributed by atoms with van der Waals surface area (Å²) in [6, 6.07) is 10.0. The van der Waals surface area contributed by atoms with E-state index in [9.17, 15) is 4.79 Å². The van der Waals surface area contributed by atoms with E-state index in [-0.39, 0.29) is 5.97 Å². The van der Waals surface area contributed by atoms with Crippen molar-refractivity contribution >= 4 is 16.9 Å². The summed E-state index contributed by atoms with van der Waals surface area (Å²) in [6.45, 7) is 7.76. The lowest BCUT2D eigenvalue weighted by atomic mass is 10.0. The van der Waals surface area contributed by atoms with Crippen LogP contribution in [0, 0.1) is 0 Å². The molecule has 3 aromatic rings. The van der Waals surface area contributed by atoms with Crippen LogP contribution in [0.1, 0.15) is 39.8 Å². The number of aromatic nitrogens is 2. The van der Waals surface area contributed by atoms with Crippen LogP contribution in [0.4, 0.5) is 0 Å². The molecule has 0 fully saturated rings. The van der Waals surface area contributed by atoms with Gasteiger partial charge in [0.2, 0.25) is 0 Å². The van der Waals surface area contributed by atoms with Crippen LogP contribution < -0.4 is 4.74 Å². The van der Waals surface area contributed by atoms with Gasteiger partial charge in [-0.25, -0.2) is 4.79 Å². The van der Waals surface area contributed by atoms with Gasteiger partial charge in [0.1, 0.15) is 5.75 Å². The molecule has 5 nitrogen and oxygen atoms in total. The van der Waals surface area contributed by atoms with Crippen LogP contribution in [-0.4, -0.2) is 27.7 Å². The van der Waals surface area contributed by atoms with E-state index >= 15 is 0 Å². The molecule has 0 N–H and O–H groups in total. The topological polar surface area (TPSA) is 53.4 Å². The average Bonchev–Trinajstić information content (AvgIpc) is 2.94. The van der Waals surface area contributed by atoms with Crippen LogP contribution in [0.2, 0.25) is 0 Å². The summed E-state index contributed by atoms with van der Waals surface area (Å²) in [5.74, 6) is 0.277. The van der Waals surface area contributed by atoms with Crippen molar-refractivity contribution in [2.75, 3.05) is 6.61 Å². The van der Waals surface area contributed by atoms with Gasteiger partial charge in [0, 0.05) is 41.6 Å². The molecule has 0 aliphatic heterocycles. The Morgan fingerprint density at radius 3 is 2.50 bits per heavy atom. The zero-order chi connectivity index (χ0) is 20.3. The van der Waals surface area contributed by atoms with E-state index < -0.39 is 5.60 Å². The van der Waals surface area contributed by atoms with Gasteiger partial charge in [0.15, 0.2) is 5.60 Å². The van der Waals surface area contributed by atoms with Crippen molar-refractivity contribution in [1.82, 2.24) is 9.55 Å². The number of pyridine rings is 1. The van der Waals surface area contributed by atoms with E-state index in [2.05, 4.69) is 29.6 Å². The summed E-state index contributed by atoms with van der Waals surface area (Å²) in [6.07, 6.45) is 5.66. The number of aryl methyl sites for hydroxylation is 1.